The van der Waals surface area contributed by atoms with E-state index in [1.165, 1.54) is 0 Å². The van der Waals surface area contributed by atoms with Gasteiger partial charge in [-0.15, -0.1) is 0 Å². The standard InChI is InChI=1S/C19H22N2O4/c1-14-17(20-18(25-14)15-5-3-2-4-6-15)13-24-21-16-7-9-19(10-8-16)22-11-12-23-19/h2-6H,7-13H2,1H3. The lowest BCUT2D eigenvalue weighted by atomic mass is 9.92. The van der Waals surface area contributed by atoms with E-state index in [9.17, 15) is 0 Å². The van der Waals surface area contributed by atoms with Crippen molar-refractivity contribution in [3.05, 3.63) is 41.8 Å². The summed E-state index contributed by atoms with van der Waals surface area (Å²) in [5.41, 5.74) is 2.78. The van der Waals surface area contributed by atoms with E-state index < -0.39 is 0 Å². The summed E-state index contributed by atoms with van der Waals surface area (Å²) in [6.45, 7) is 3.59. The van der Waals surface area contributed by atoms with Crippen LogP contribution in [0.25, 0.3) is 11.5 Å². The fourth-order valence-corrected chi connectivity index (χ4v) is 3.25. The van der Waals surface area contributed by atoms with Gasteiger partial charge in [0.1, 0.15) is 11.5 Å². The van der Waals surface area contributed by atoms with E-state index in [4.69, 9.17) is 18.7 Å². The first-order chi connectivity index (χ1) is 12.2. The van der Waals surface area contributed by atoms with Crippen LogP contribution in [0.3, 0.4) is 0 Å². The number of oxime groups is 1. The van der Waals surface area contributed by atoms with E-state index in [0.717, 1.165) is 48.4 Å². The number of benzene rings is 1. The van der Waals surface area contributed by atoms with Gasteiger partial charge in [0.2, 0.25) is 5.89 Å². The molecule has 2 fully saturated rings. The highest BCUT2D eigenvalue weighted by Gasteiger charge is 2.39. The Kier molecular flexibility index (Phi) is 4.55. The molecule has 2 aliphatic rings. The molecule has 0 radical (unpaired) electrons. The summed E-state index contributed by atoms with van der Waals surface area (Å²) in [5.74, 6) is 1.00. The fourth-order valence-electron chi connectivity index (χ4n) is 3.25. The van der Waals surface area contributed by atoms with Crippen molar-refractivity contribution in [1.82, 2.24) is 4.98 Å². The van der Waals surface area contributed by atoms with Gasteiger partial charge in [0, 0.05) is 18.4 Å². The molecular weight excluding hydrogens is 320 g/mol. The summed E-state index contributed by atoms with van der Waals surface area (Å²) in [7, 11) is 0. The van der Waals surface area contributed by atoms with Gasteiger partial charge in [-0.1, -0.05) is 23.4 Å². The molecule has 0 amide bonds. The summed E-state index contributed by atoms with van der Waals surface area (Å²) in [6.07, 6.45) is 3.37. The van der Waals surface area contributed by atoms with Crippen molar-refractivity contribution < 1.29 is 18.7 Å². The molecule has 2 heterocycles. The third kappa shape index (κ3) is 3.60. The number of rotatable bonds is 4. The second-order valence-corrected chi connectivity index (χ2v) is 6.43. The normalized spacial score (nSPS) is 19.3. The Hall–Kier alpha value is -2.18. The first kappa shape index (κ1) is 16.3. The van der Waals surface area contributed by atoms with Crippen LogP contribution in [-0.2, 0) is 20.9 Å². The van der Waals surface area contributed by atoms with Crippen LogP contribution in [0.15, 0.2) is 39.9 Å². The zero-order chi connectivity index (χ0) is 17.1. The van der Waals surface area contributed by atoms with E-state index in [-0.39, 0.29) is 5.79 Å². The number of oxazole rings is 1. The summed E-state index contributed by atoms with van der Waals surface area (Å²) in [4.78, 5) is 10.0. The molecule has 1 spiro atoms. The van der Waals surface area contributed by atoms with Crippen molar-refractivity contribution in [3.8, 4) is 11.5 Å². The maximum absolute atomic E-state index is 5.73. The van der Waals surface area contributed by atoms with Gasteiger partial charge in [0.25, 0.3) is 0 Å². The van der Waals surface area contributed by atoms with Gasteiger partial charge in [-0.2, -0.15) is 0 Å². The van der Waals surface area contributed by atoms with E-state index >= 15 is 0 Å². The van der Waals surface area contributed by atoms with Crippen LogP contribution < -0.4 is 0 Å². The van der Waals surface area contributed by atoms with Gasteiger partial charge in [0.05, 0.1) is 18.9 Å². The molecule has 0 N–H and O–H groups in total. The predicted molar refractivity (Wildman–Crippen MR) is 92.0 cm³/mol. The zero-order valence-corrected chi connectivity index (χ0v) is 14.4. The topological polar surface area (TPSA) is 66.1 Å². The average Bonchev–Trinajstić information content (AvgIpc) is 3.25. The highest BCUT2D eigenvalue weighted by Crippen LogP contribution is 2.34. The summed E-state index contributed by atoms with van der Waals surface area (Å²) < 4.78 is 17.2. The lowest BCUT2D eigenvalue weighted by molar-refractivity contribution is -0.168. The molecule has 0 atom stereocenters. The van der Waals surface area contributed by atoms with Crippen LogP contribution in [0.1, 0.15) is 37.1 Å². The van der Waals surface area contributed by atoms with Gasteiger partial charge in [0.15, 0.2) is 12.4 Å². The van der Waals surface area contributed by atoms with Crippen LogP contribution in [-0.4, -0.2) is 29.7 Å². The Morgan fingerprint density at radius 1 is 1.12 bits per heavy atom. The van der Waals surface area contributed by atoms with Gasteiger partial charge in [-0.05, 0) is 31.9 Å². The van der Waals surface area contributed by atoms with E-state index in [2.05, 4.69) is 10.1 Å². The SMILES string of the molecule is Cc1oc(-c2ccccc2)nc1CON=C1CCC2(CC1)OCCO2. The summed E-state index contributed by atoms with van der Waals surface area (Å²) >= 11 is 0. The quantitative estimate of drug-likeness (QED) is 0.790. The van der Waals surface area contributed by atoms with Crippen molar-refractivity contribution in [3.63, 3.8) is 0 Å². The van der Waals surface area contributed by atoms with Gasteiger partial charge in [-0.25, -0.2) is 4.98 Å². The Morgan fingerprint density at radius 2 is 1.84 bits per heavy atom. The maximum atomic E-state index is 5.73. The van der Waals surface area contributed by atoms with E-state index in [1.54, 1.807) is 0 Å². The van der Waals surface area contributed by atoms with Gasteiger partial charge < -0.3 is 18.7 Å². The molecule has 25 heavy (non-hydrogen) atoms. The fraction of sp³-hybridized carbons (Fsp3) is 0.474. The Morgan fingerprint density at radius 3 is 2.56 bits per heavy atom. The molecule has 132 valence electrons. The Labute approximate surface area is 146 Å². The first-order valence-electron chi connectivity index (χ1n) is 8.71. The maximum Gasteiger partial charge on any atom is 0.226 e. The molecule has 1 aliphatic heterocycles. The van der Waals surface area contributed by atoms with Gasteiger partial charge >= 0.3 is 0 Å². The second kappa shape index (κ2) is 6.98. The number of aromatic nitrogens is 1. The molecule has 1 aromatic heterocycles. The smallest absolute Gasteiger partial charge is 0.226 e. The van der Waals surface area contributed by atoms with Crippen molar-refractivity contribution in [2.24, 2.45) is 5.16 Å². The lowest BCUT2D eigenvalue weighted by Gasteiger charge is -2.31. The van der Waals surface area contributed by atoms with Crippen LogP contribution in [0.5, 0.6) is 0 Å². The monoisotopic (exact) mass is 342 g/mol. The average molecular weight is 342 g/mol. The number of aryl methyl sites for hydroxylation is 1. The number of ether oxygens (including phenoxy) is 2. The first-order valence-corrected chi connectivity index (χ1v) is 8.71. The Bertz CT molecular complexity index is 736. The van der Waals surface area contributed by atoms with Gasteiger partial charge in [-0.3, -0.25) is 0 Å². The molecular formula is C19H22N2O4. The second-order valence-electron chi connectivity index (χ2n) is 6.43. The molecule has 1 aliphatic carbocycles. The molecule has 6 heteroatoms. The Balaban J connectivity index is 1.34. The molecule has 4 rings (SSSR count). The third-order valence-corrected chi connectivity index (χ3v) is 4.71. The van der Waals surface area contributed by atoms with Crippen molar-refractivity contribution in [1.29, 1.82) is 0 Å². The molecule has 1 saturated heterocycles. The molecule has 1 saturated carbocycles. The molecule has 2 aromatic rings. The minimum absolute atomic E-state index is 0.309. The van der Waals surface area contributed by atoms with E-state index in [1.807, 2.05) is 37.3 Å². The molecule has 0 bridgehead atoms. The highest BCUT2D eigenvalue weighted by molar-refractivity contribution is 5.84. The number of nitrogens with zero attached hydrogens (tertiary/aromatic N) is 2. The summed E-state index contributed by atoms with van der Waals surface area (Å²) in [6, 6.07) is 9.84. The third-order valence-electron chi connectivity index (χ3n) is 4.71. The van der Waals surface area contributed by atoms with Crippen LogP contribution >= 0.6 is 0 Å². The molecule has 6 nitrogen and oxygen atoms in total. The highest BCUT2D eigenvalue weighted by atomic mass is 16.7. The van der Waals surface area contributed by atoms with E-state index in [0.29, 0.717) is 25.7 Å². The van der Waals surface area contributed by atoms with Crippen LogP contribution in [0.2, 0.25) is 0 Å². The van der Waals surface area contributed by atoms with Crippen molar-refractivity contribution in [2.75, 3.05) is 13.2 Å². The zero-order valence-electron chi connectivity index (χ0n) is 14.4. The minimum atomic E-state index is -0.369. The largest absolute Gasteiger partial charge is 0.441 e. The summed E-state index contributed by atoms with van der Waals surface area (Å²) in [5, 5.41) is 4.28. The minimum Gasteiger partial charge on any atom is -0.441 e. The molecule has 0 unspecified atom stereocenters. The van der Waals surface area contributed by atoms with Crippen LogP contribution in [0, 0.1) is 6.92 Å². The molecule has 1 aromatic carbocycles. The predicted octanol–water partition coefficient (Wildman–Crippen LogP) is 3.84. The van der Waals surface area contributed by atoms with Crippen molar-refractivity contribution >= 4 is 5.71 Å². The van der Waals surface area contributed by atoms with Crippen LogP contribution in [0.4, 0.5) is 0 Å². The number of hydrogen-bond donors (Lipinski definition) is 0. The lowest BCUT2D eigenvalue weighted by Crippen LogP contribution is -2.35. The van der Waals surface area contributed by atoms with Crippen molar-refractivity contribution in [2.45, 2.75) is 45.0 Å². The number of hydrogen-bond acceptors (Lipinski definition) is 6.